The van der Waals surface area contributed by atoms with Gasteiger partial charge in [-0.3, -0.25) is 4.89 Å². The first-order chi connectivity index (χ1) is 10.2. The largest absolute Gasteiger partial charge is 0.543 e. The van der Waals surface area contributed by atoms with Gasteiger partial charge in [0.2, 0.25) is 0 Å². The number of methoxy groups -OCH3 is 1. The number of rotatable bonds is 8. The van der Waals surface area contributed by atoms with Crippen molar-refractivity contribution < 1.29 is 38.6 Å². The van der Waals surface area contributed by atoms with Gasteiger partial charge < -0.3 is 14.2 Å². The van der Waals surface area contributed by atoms with Crippen molar-refractivity contribution in [1.29, 1.82) is 0 Å². The number of hydrogen-bond donors (Lipinski definition) is 0. The summed E-state index contributed by atoms with van der Waals surface area (Å²) >= 11 is 0. The fraction of sp³-hybridized carbons (Fsp3) is 0.385. The number of carbonyl (C=O) groups excluding carboxylic acids is 2. The lowest BCUT2D eigenvalue weighted by molar-refractivity contribution is -0.452. The molecular formula is C13H16O8. The zero-order valence-corrected chi connectivity index (χ0v) is 11.7. The van der Waals surface area contributed by atoms with Crippen molar-refractivity contribution in [3.63, 3.8) is 0 Å². The molecule has 0 unspecified atom stereocenters. The van der Waals surface area contributed by atoms with E-state index in [0.29, 0.717) is 12.4 Å². The second-order valence-corrected chi connectivity index (χ2v) is 3.52. The monoisotopic (exact) mass is 300 g/mol. The van der Waals surface area contributed by atoms with Crippen molar-refractivity contribution in [2.24, 2.45) is 0 Å². The van der Waals surface area contributed by atoms with Crippen molar-refractivity contribution in [1.82, 2.24) is 0 Å². The van der Waals surface area contributed by atoms with Crippen LogP contribution in [0, 0.1) is 0 Å². The van der Waals surface area contributed by atoms with Crippen molar-refractivity contribution in [3.05, 3.63) is 29.8 Å². The predicted molar refractivity (Wildman–Crippen MR) is 68.4 cm³/mol. The fourth-order valence-corrected chi connectivity index (χ4v) is 1.29. The molecule has 0 atom stereocenters. The highest BCUT2D eigenvalue weighted by molar-refractivity contribution is 5.92. The molecule has 0 aliphatic carbocycles. The van der Waals surface area contributed by atoms with Crippen LogP contribution >= 0.6 is 0 Å². The molecule has 0 amide bonds. The summed E-state index contributed by atoms with van der Waals surface area (Å²) in [6.45, 7) is 2.53. The van der Waals surface area contributed by atoms with Gasteiger partial charge in [0.05, 0.1) is 18.8 Å². The molecular weight excluding hydrogens is 284 g/mol. The van der Waals surface area contributed by atoms with Crippen molar-refractivity contribution in [2.75, 3.05) is 26.9 Å². The first-order valence-corrected chi connectivity index (χ1v) is 6.12. The molecule has 116 valence electrons. The summed E-state index contributed by atoms with van der Waals surface area (Å²) in [4.78, 5) is 31.0. The van der Waals surface area contributed by atoms with Gasteiger partial charge in [0, 0.05) is 6.61 Å². The van der Waals surface area contributed by atoms with E-state index in [1.54, 1.807) is 25.1 Å². The average Bonchev–Trinajstić information content (AvgIpc) is 2.51. The third kappa shape index (κ3) is 6.11. The number of benzene rings is 1. The lowest BCUT2D eigenvalue weighted by Crippen LogP contribution is -2.15. The van der Waals surface area contributed by atoms with Gasteiger partial charge in [-0.15, -0.1) is 0 Å². The third-order valence-electron chi connectivity index (χ3n) is 2.19. The molecule has 8 heteroatoms. The molecule has 0 N–H and O–H groups in total. The maximum absolute atomic E-state index is 11.6. The number of carbonyl (C=O) groups is 2. The average molecular weight is 300 g/mol. The lowest BCUT2D eigenvalue weighted by atomic mass is 10.2. The summed E-state index contributed by atoms with van der Waals surface area (Å²) in [5.74, 6) is -0.583. The standard InChI is InChI=1S/C13H16O8/c1-3-17-8-9-18-13(15)20-21-19-12(14)10-6-4-5-7-11(10)16-2/h4-7H,3,8-9H2,1-2H3. The molecule has 0 saturated carbocycles. The van der Waals surface area contributed by atoms with E-state index in [-0.39, 0.29) is 18.8 Å². The van der Waals surface area contributed by atoms with Crippen LogP contribution in [0.25, 0.3) is 0 Å². The van der Waals surface area contributed by atoms with Gasteiger partial charge in [0.25, 0.3) is 0 Å². The van der Waals surface area contributed by atoms with E-state index >= 15 is 0 Å². The second kappa shape index (κ2) is 9.56. The Balaban J connectivity index is 2.28. The number of para-hydroxylation sites is 1. The SMILES string of the molecule is CCOCCOC(=O)OOOC(=O)c1ccccc1OC. The van der Waals surface area contributed by atoms with E-state index in [0.717, 1.165) is 0 Å². The Kier molecular flexibility index (Phi) is 7.62. The highest BCUT2D eigenvalue weighted by atomic mass is 17.5. The Morgan fingerprint density at radius 1 is 1.10 bits per heavy atom. The predicted octanol–water partition coefficient (Wildman–Crippen LogP) is 1.89. The van der Waals surface area contributed by atoms with E-state index in [4.69, 9.17) is 9.47 Å². The van der Waals surface area contributed by atoms with E-state index in [9.17, 15) is 9.59 Å². The zero-order valence-electron chi connectivity index (χ0n) is 11.7. The van der Waals surface area contributed by atoms with Gasteiger partial charge >= 0.3 is 12.1 Å². The smallest absolute Gasteiger partial charge is 0.496 e. The molecule has 8 nitrogen and oxygen atoms in total. The minimum absolute atomic E-state index is 0.00348. The van der Waals surface area contributed by atoms with Crippen molar-refractivity contribution in [3.8, 4) is 5.75 Å². The molecule has 1 aromatic rings. The minimum atomic E-state index is -1.15. The Labute approximate surface area is 121 Å². The molecule has 21 heavy (non-hydrogen) atoms. The Hall–Kier alpha value is -2.32. The fourth-order valence-electron chi connectivity index (χ4n) is 1.29. The molecule has 0 spiro atoms. The topological polar surface area (TPSA) is 89.5 Å². The Morgan fingerprint density at radius 3 is 2.57 bits per heavy atom. The molecule has 0 aliphatic rings. The normalized spacial score (nSPS) is 9.81. The van der Waals surface area contributed by atoms with Crippen LogP contribution in [0.15, 0.2) is 24.3 Å². The molecule has 1 rings (SSSR count). The maximum atomic E-state index is 11.6. The second-order valence-electron chi connectivity index (χ2n) is 3.52. The quantitative estimate of drug-likeness (QED) is 0.311. The molecule has 0 heterocycles. The molecule has 0 bridgehead atoms. The van der Waals surface area contributed by atoms with Gasteiger partial charge in [-0.25, -0.2) is 14.5 Å². The highest BCUT2D eigenvalue weighted by Gasteiger charge is 2.16. The van der Waals surface area contributed by atoms with E-state index in [2.05, 4.69) is 19.6 Å². The summed E-state index contributed by atoms with van der Waals surface area (Å²) in [7, 11) is 1.40. The summed E-state index contributed by atoms with van der Waals surface area (Å²) in [6.07, 6.45) is -1.15. The Morgan fingerprint density at radius 2 is 1.86 bits per heavy atom. The lowest BCUT2D eigenvalue weighted by Gasteiger charge is -2.06. The van der Waals surface area contributed by atoms with Crippen molar-refractivity contribution >= 4 is 12.1 Å². The molecule has 0 aliphatic heterocycles. The Bertz CT molecular complexity index is 459. The first-order valence-electron chi connectivity index (χ1n) is 6.12. The van der Waals surface area contributed by atoms with E-state index in [1.165, 1.54) is 13.2 Å². The highest BCUT2D eigenvalue weighted by Crippen LogP contribution is 2.18. The van der Waals surface area contributed by atoms with Crippen molar-refractivity contribution in [2.45, 2.75) is 6.92 Å². The van der Waals surface area contributed by atoms with Crippen LogP contribution in [0.4, 0.5) is 4.79 Å². The van der Waals surface area contributed by atoms with Crippen LogP contribution in [0.1, 0.15) is 17.3 Å². The summed E-state index contributed by atoms with van der Waals surface area (Å²) in [5, 5.41) is 4.05. The summed E-state index contributed by atoms with van der Waals surface area (Å²) < 4.78 is 14.5. The van der Waals surface area contributed by atoms with Crippen LogP contribution in [0.2, 0.25) is 0 Å². The molecule has 0 fully saturated rings. The van der Waals surface area contributed by atoms with Gasteiger partial charge in [0.1, 0.15) is 17.9 Å². The summed E-state index contributed by atoms with van der Waals surface area (Å²) in [6, 6.07) is 6.33. The van der Waals surface area contributed by atoms with E-state index in [1.807, 2.05) is 0 Å². The summed E-state index contributed by atoms with van der Waals surface area (Å²) in [5.41, 5.74) is 0.119. The van der Waals surface area contributed by atoms with Gasteiger partial charge in [-0.2, -0.15) is 0 Å². The van der Waals surface area contributed by atoms with Crippen LogP contribution < -0.4 is 4.74 Å². The number of ether oxygens (including phenoxy) is 3. The van der Waals surface area contributed by atoms with E-state index < -0.39 is 12.1 Å². The molecule has 0 aromatic heterocycles. The molecule has 1 aromatic carbocycles. The number of hydrogen-bond acceptors (Lipinski definition) is 8. The van der Waals surface area contributed by atoms with Crippen LogP contribution in [-0.4, -0.2) is 39.1 Å². The maximum Gasteiger partial charge on any atom is 0.543 e. The van der Waals surface area contributed by atoms with Crippen LogP contribution in [0.3, 0.4) is 0 Å². The van der Waals surface area contributed by atoms with Gasteiger partial charge in [0.15, 0.2) is 0 Å². The van der Waals surface area contributed by atoms with Crippen LogP contribution in [-0.2, 0) is 24.3 Å². The zero-order chi connectivity index (χ0) is 15.5. The third-order valence-corrected chi connectivity index (χ3v) is 2.19. The van der Waals surface area contributed by atoms with Crippen LogP contribution in [0.5, 0.6) is 5.75 Å². The minimum Gasteiger partial charge on any atom is -0.496 e. The van der Waals surface area contributed by atoms with Gasteiger partial charge in [-0.1, -0.05) is 12.1 Å². The first kappa shape index (κ1) is 16.7. The molecule has 0 radical (unpaired) electrons. The molecule has 0 saturated heterocycles. The van der Waals surface area contributed by atoms with Gasteiger partial charge in [-0.05, 0) is 19.1 Å².